The molecular formula is C19H20BrNO6. The van der Waals surface area contributed by atoms with Crippen molar-refractivity contribution in [3.05, 3.63) is 52.0 Å². The third-order valence-electron chi connectivity index (χ3n) is 3.65. The predicted molar refractivity (Wildman–Crippen MR) is 102 cm³/mol. The largest absolute Gasteiger partial charge is 0.493 e. The van der Waals surface area contributed by atoms with Gasteiger partial charge in [0.05, 0.1) is 31.4 Å². The highest BCUT2D eigenvalue weighted by Gasteiger charge is 2.11. The minimum atomic E-state index is -0.449. The summed E-state index contributed by atoms with van der Waals surface area (Å²) in [6.07, 6.45) is 0. The fourth-order valence-corrected chi connectivity index (χ4v) is 2.74. The van der Waals surface area contributed by atoms with E-state index in [1.165, 1.54) is 7.11 Å². The van der Waals surface area contributed by atoms with Crippen LogP contribution in [0.3, 0.4) is 0 Å². The SMILES string of the molecule is COC(=O)c1ccc(OCC(=O)NCc2ccc(OC)c(OC)c2)c(Br)c1. The van der Waals surface area contributed by atoms with Crippen LogP contribution in [-0.4, -0.2) is 39.8 Å². The van der Waals surface area contributed by atoms with Gasteiger partial charge in [0.2, 0.25) is 0 Å². The standard InChI is InChI=1S/C19H20BrNO6/c1-24-16-6-4-12(8-17(16)25-2)10-21-18(22)11-27-15-7-5-13(9-14(15)20)19(23)26-3/h4-9H,10-11H2,1-3H3,(H,21,22). The van der Waals surface area contributed by atoms with Crippen LogP contribution in [0.4, 0.5) is 0 Å². The van der Waals surface area contributed by atoms with E-state index in [9.17, 15) is 9.59 Å². The minimum absolute atomic E-state index is 0.163. The maximum absolute atomic E-state index is 12.0. The molecule has 0 aliphatic carbocycles. The molecule has 0 radical (unpaired) electrons. The van der Waals surface area contributed by atoms with Gasteiger partial charge in [-0.05, 0) is 51.8 Å². The quantitative estimate of drug-likeness (QED) is 0.639. The Hall–Kier alpha value is -2.74. The average molecular weight is 438 g/mol. The van der Waals surface area contributed by atoms with Crippen LogP contribution < -0.4 is 19.5 Å². The first-order valence-electron chi connectivity index (χ1n) is 7.96. The van der Waals surface area contributed by atoms with Crippen molar-refractivity contribution in [1.29, 1.82) is 0 Å². The lowest BCUT2D eigenvalue weighted by atomic mass is 10.2. The van der Waals surface area contributed by atoms with Crippen molar-refractivity contribution < 1.29 is 28.5 Å². The molecule has 0 spiro atoms. The fourth-order valence-electron chi connectivity index (χ4n) is 2.25. The molecule has 144 valence electrons. The number of hydrogen-bond donors (Lipinski definition) is 1. The Labute approximate surface area is 165 Å². The van der Waals surface area contributed by atoms with E-state index in [1.807, 2.05) is 6.07 Å². The van der Waals surface area contributed by atoms with Crippen LogP contribution in [0.2, 0.25) is 0 Å². The zero-order valence-electron chi connectivity index (χ0n) is 15.2. The van der Waals surface area contributed by atoms with Crippen LogP contribution in [0.1, 0.15) is 15.9 Å². The van der Waals surface area contributed by atoms with Gasteiger partial charge in [0.25, 0.3) is 5.91 Å². The number of rotatable bonds is 8. The number of halogens is 1. The molecule has 0 aliphatic rings. The summed E-state index contributed by atoms with van der Waals surface area (Å²) < 4.78 is 21.1. The van der Waals surface area contributed by atoms with Gasteiger partial charge in [0, 0.05) is 6.54 Å². The normalized spacial score (nSPS) is 10.1. The van der Waals surface area contributed by atoms with Crippen LogP contribution in [0.5, 0.6) is 17.2 Å². The lowest BCUT2D eigenvalue weighted by Gasteiger charge is -2.11. The number of carbonyl (C=O) groups is 2. The summed E-state index contributed by atoms with van der Waals surface area (Å²) in [5.74, 6) is 0.929. The lowest BCUT2D eigenvalue weighted by Crippen LogP contribution is -2.28. The van der Waals surface area contributed by atoms with Gasteiger partial charge in [0.1, 0.15) is 5.75 Å². The van der Waals surface area contributed by atoms with E-state index in [2.05, 4.69) is 26.0 Å². The summed E-state index contributed by atoms with van der Waals surface area (Å²) in [5, 5.41) is 2.77. The van der Waals surface area contributed by atoms with Crippen molar-refractivity contribution in [3.8, 4) is 17.2 Å². The molecule has 7 nitrogen and oxygen atoms in total. The third kappa shape index (κ3) is 5.62. The van der Waals surface area contributed by atoms with Gasteiger partial charge in [-0.25, -0.2) is 4.79 Å². The topological polar surface area (TPSA) is 83.1 Å². The number of benzene rings is 2. The second-order valence-electron chi connectivity index (χ2n) is 5.39. The minimum Gasteiger partial charge on any atom is -0.493 e. The monoisotopic (exact) mass is 437 g/mol. The van der Waals surface area contributed by atoms with Crippen molar-refractivity contribution in [2.75, 3.05) is 27.9 Å². The molecule has 2 aromatic carbocycles. The van der Waals surface area contributed by atoms with Crippen LogP contribution >= 0.6 is 15.9 Å². The smallest absolute Gasteiger partial charge is 0.337 e. The van der Waals surface area contributed by atoms with E-state index in [0.717, 1.165) is 5.56 Å². The maximum atomic E-state index is 12.0. The Morgan fingerprint density at radius 1 is 0.963 bits per heavy atom. The van der Waals surface area contributed by atoms with E-state index >= 15 is 0 Å². The number of ether oxygens (including phenoxy) is 4. The lowest BCUT2D eigenvalue weighted by molar-refractivity contribution is -0.123. The number of nitrogens with one attached hydrogen (secondary N) is 1. The molecule has 0 saturated carbocycles. The van der Waals surface area contributed by atoms with Gasteiger partial charge in [0.15, 0.2) is 18.1 Å². The van der Waals surface area contributed by atoms with Crippen molar-refractivity contribution >= 4 is 27.8 Å². The highest BCUT2D eigenvalue weighted by Crippen LogP contribution is 2.28. The van der Waals surface area contributed by atoms with Crippen LogP contribution in [-0.2, 0) is 16.1 Å². The summed E-state index contributed by atoms with van der Waals surface area (Å²) in [6, 6.07) is 10.1. The van der Waals surface area contributed by atoms with Crippen molar-refractivity contribution in [2.45, 2.75) is 6.54 Å². The summed E-state index contributed by atoms with van der Waals surface area (Å²) in [4.78, 5) is 23.5. The third-order valence-corrected chi connectivity index (χ3v) is 4.27. The number of hydrogen-bond acceptors (Lipinski definition) is 6. The molecule has 0 aromatic heterocycles. The molecule has 0 unspecified atom stereocenters. The van der Waals surface area contributed by atoms with Crippen LogP contribution in [0.25, 0.3) is 0 Å². The first-order valence-corrected chi connectivity index (χ1v) is 8.76. The molecule has 1 amide bonds. The fraction of sp³-hybridized carbons (Fsp3) is 0.263. The molecule has 1 N–H and O–H groups in total. The highest BCUT2D eigenvalue weighted by molar-refractivity contribution is 9.10. The molecule has 2 aromatic rings. The molecule has 2 rings (SSSR count). The van der Waals surface area contributed by atoms with Gasteiger partial charge >= 0.3 is 5.97 Å². The average Bonchev–Trinajstić information content (AvgIpc) is 2.70. The molecule has 27 heavy (non-hydrogen) atoms. The Morgan fingerprint density at radius 3 is 2.30 bits per heavy atom. The van der Waals surface area contributed by atoms with E-state index in [0.29, 0.717) is 33.8 Å². The molecule has 0 aliphatic heterocycles. The Morgan fingerprint density at radius 2 is 1.67 bits per heavy atom. The molecular weight excluding hydrogens is 418 g/mol. The molecule has 8 heteroatoms. The van der Waals surface area contributed by atoms with Crippen molar-refractivity contribution in [2.24, 2.45) is 0 Å². The molecule has 0 atom stereocenters. The highest BCUT2D eigenvalue weighted by atomic mass is 79.9. The first kappa shape index (κ1) is 20.6. The van der Waals surface area contributed by atoms with Gasteiger partial charge in [-0.3, -0.25) is 4.79 Å². The summed E-state index contributed by atoms with van der Waals surface area (Å²) in [7, 11) is 4.42. The van der Waals surface area contributed by atoms with E-state index in [-0.39, 0.29) is 12.5 Å². The summed E-state index contributed by atoms with van der Waals surface area (Å²) in [5.41, 5.74) is 1.25. The molecule has 0 heterocycles. The van der Waals surface area contributed by atoms with Gasteiger partial charge < -0.3 is 24.3 Å². The zero-order chi connectivity index (χ0) is 19.8. The maximum Gasteiger partial charge on any atom is 0.337 e. The van der Waals surface area contributed by atoms with E-state index in [4.69, 9.17) is 14.2 Å². The summed E-state index contributed by atoms with van der Waals surface area (Å²) >= 11 is 3.31. The number of methoxy groups -OCH3 is 3. The number of esters is 1. The van der Waals surface area contributed by atoms with Crippen molar-refractivity contribution in [3.63, 3.8) is 0 Å². The van der Waals surface area contributed by atoms with Gasteiger partial charge in [-0.15, -0.1) is 0 Å². The Balaban J connectivity index is 1.89. The number of amides is 1. The van der Waals surface area contributed by atoms with Crippen LogP contribution in [0.15, 0.2) is 40.9 Å². The van der Waals surface area contributed by atoms with Crippen LogP contribution in [0, 0.1) is 0 Å². The Bertz CT molecular complexity index is 824. The van der Waals surface area contributed by atoms with Crippen molar-refractivity contribution in [1.82, 2.24) is 5.32 Å². The molecule has 0 fully saturated rings. The molecule has 0 bridgehead atoms. The Kier molecular flexibility index (Phi) is 7.48. The van der Waals surface area contributed by atoms with Gasteiger partial charge in [-0.1, -0.05) is 6.07 Å². The van der Waals surface area contributed by atoms with E-state index < -0.39 is 5.97 Å². The molecule has 0 saturated heterocycles. The first-order chi connectivity index (χ1) is 13.0. The van der Waals surface area contributed by atoms with E-state index in [1.54, 1.807) is 44.6 Å². The second kappa shape index (κ2) is 9.82. The van der Waals surface area contributed by atoms with Gasteiger partial charge in [-0.2, -0.15) is 0 Å². The zero-order valence-corrected chi connectivity index (χ0v) is 16.8. The summed E-state index contributed by atoms with van der Waals surface area (Å²) in [6.45, 7) is 0.161. The predicted octanol–water partition coefficient (Wildman–Crippen LogP) is 2.95. The second-order valence-corrected chi connectivity index (χ2v) is 6.25. The number of carbonyl (C=O) groups excluding carboxylic acids is 2.